The number of benzene rings is 1. The Kier molecular flexibility index (Phi) is 7.19. The predicted molar refractivity (Wildman–Crippen MR) is 92.1 cm³/mol. The monoisotopic (exact) mass is 368 g/mol. The molecule has 1 aromatic carbocycles. The first-order chi connectivity index (χ1) is 10.7. The standard InChI is InChI=1S/C17H25BrN2O2/c1-19-12-14-6-4-10-20(13-14)17(21)9-5-11-22-16-8-3-2-7-15(16)18/h2-3,7-8,14,19H,4-6,9-13H2,1H3. The maximum Gasteiger partial charge on any atom is 0.222 e. The number of hydrogen-bond acceptors (Lipinski definition) is 3. The number of likely N-dealkylation sites (tertiary alicyclic amines) is 1. The van der Waals surface area contributed by atoms with E-state index in [1.165, 1.54) is 6.42 Å². The van der Waals surface area contributed by atoms with Gasteiger partial charge in [-0.15, -0.1) is 0 Å². The first-order valence-corrected chi connectivity index (χ1v) is 8.79. The molecule has 1 unspecified atom stereocenters. The minimum absolute atomic E-state index is 0.261. The number of amides is 1. The topological polar surface area (TPSA) is 41.6 Å². The Hall–Kier alpha value is -1.07. The van der Waals surface area contributed by atoms with Gasteiger partial charge in [-0.05, 0) is 66.8 Å². The van der Waals surface area contributed by atoms with E-state index in [-0.39, 0.29) is 5.91 Å². The molecule has 1 N–H and O–H groups in total. The molecule has 0 radical (unpaired) electrons. The summed E-state index contributed by atoms with van der Waals surface area (Å²) in [6.45, 7) is 3.37. The average Bonchev–Trinajstić information content (AvgIpc) is 2.53. The van der Waals surface area contributed by atoms with E-state index in [9.17, 15) is 4.79 Å². The van der Waals surface area contributed by atoms with Crippen molar-refractivity contribution < 1.29 is 9.53 Å². The molecule has 0 aliphatic carbocycles. The number of carbonyl (C=O) groups excluding carboxylic acids is 1. The lowest BCUT2D eigenvalue weighted by atomic mass is 9.97. The molecule has 1 aromatic rings. The number of halogens is 1. The van der Waals surface area contributed by atoms with Gasteiger partial charge in [0.05, 0.1) is 11.1 Å². The highest BCUT2D eigenvalue weighted by atomic mass is 79.9. The number of hydrogen-bond donors (Lipinski definition) is 1. The molecule has 1 atom stereocenters. The van der Waals surface area contributed by atoms with E-state index in [0.29, 0.717) is 18.9 Å². The van der Waals surface area contributed by atoms with Crippen molar-refractivity contribution in [2.24, 2.45) is 5.92 Å². The molecular formula is C17H25BrN2O2. The third kappa shape index (κ3) is 5.29. The molecule has 1 aliphatic heterocycles. The van der Waals surface area contributed by atoms with Crippen LogP contribution in [0, 0.1) is 5.92 Å². The number of nitrogens with one attached hydrogen (secondary N) is 1. The fraction of sp³-hybridized carbons (Fsp3) is 0.588. The molecule has 1 amide bonds. The van der Waals surface area contributed by atoms with E-state index >= 15 is 0 Å². The molecule has 1 saturated heterocycles. The minimum Gasteiger partial charge on any atom is -0.492 e. The number of nitrogens with zero attached hydrogens (tertiary/aromatic N) is 1. The van der Waals surface area contributed by atoms with Gasteiger partial charge in [-0.2, -0.15) is 0 Å². The van der Waals surface area contributed by atoms with Crippen molar-refractivity contribution in [2.45, 2.75) is 25.7 Å². The maximum atomic E-state index is 12.3. The van der Waals surface area contributed by atoms with E-state index < -0.39 is 0 Å². The minimum atomic E-state index is 0.261. The predicted octanol–water partition coefficient (Wildman–Crippen LogP) is 3.07. The second kappa shape index (κ2) is 9.16. The van der Waals surface area contributed by atoms with Crippen LogP contribution in [0.1, 0.15) is 25.7 Å². The maximum absolute atomic E-state index is 12.3. The van der Waals surface area contributed by atoms with Gasteiger partial charge in [-0.1, -0.05) is 12.1 Å². The average molecular weight is 369 g/mol. The van der Waals surface area contributed by atoms with E-state index in [0.717, 1.165) is 42.7 Å². The Morgan fingerprint density at radius 1 is 1.45 bits per heavy atom. The summed E-state index contributed by atoms with van der Waals surface area (Å²) in [5, 5.41) is 3.21. The number of ether oxygens (including phenoxy) is 1. The van der Waals surface area contributed by atoms with Crippen LogP contribution in [0.4, 0.5) is 0 Å². The van der Waals surface area contributed by atoms with Crippen molar-refractivity contribution in [1.29, 1.82) is 0 Å². The van der Waals surface area contributed by atoms with Crippen LogP contribution in [0.25, 0.3) is 0 Å². The van der Waals surface area contributed by atoms with Crippen LogP contribution in [-0.4, -0.2) is 44.1 Å². The highest BCUT2D eigenvalue weighted by molar-refractivity contribution is 9.10. The summed E-state index contributed by atoms with van der Waals surface area (Å²) in [5.74, 6) is 1.69. The summed E-state index contributed by atoms with van der Waals surface area (Å²) in [5.41, 5.74) is 0. The van der Waals surface area contributed by atoms with Gasteiger partial charge in [-0.25, -0.2) is 0 Å². The molecule has 0 saturated carbocycles. The Balaban J connectivity index is 1.68. The second-order valence-corrected chi connectivity index (χ2v) is 6.64. The Morgan fingerprint density at radius 2 is 2.27 bits per heavy atom. The molecular weight excluding hydrogens is 344 g/mol. The molecule has 4 nitrogen and oxygen atoms in total. The van der Waals surface area contributed by atoms with E-state index in [2.05, 4.69) is 21.2 Å². The summed E-state index contributed by atoms with van der Waals surface area (Å²) >= 11 is 3.46. The van der Waals surface area contributed by atoms with Gasteiger partial charge in [-0.3, -0.25) is 4.79 Å². The summed E-state index contributed by atoms with van der Waals surface area (Å²) in [7, 11) is 1.97. The van der Waals surface area contributed by atoms with Gasteiger partial charge < -0.3 is 15.0 Å². The molecule has 1 aliphatic rings. The first-order valence-electron chi connectivity index (χ1n) is 8.00. The lowest BCUT2D eigenvalue weighted by molar-refractivity contribution is -0.133. The van der Waals surface area contributed by atoms with Crippen LogP contribution in [0.5, 0.6) is 5.75 Å². The van der Waals surface area contributed by atoms with Gasteiger partial charge >= 0.3 is 0 Å². The third-order valence-corrected chi connectivity index (χ3v) is 4.65. The van der Waals surface area contributed by atoms with Crippen LogP contribution in [0.2, 0.25) is 0 Å². The zero-order valence-electron chi connectivity index (χ0n) is 13.2. The molecule has 2 rings (SSSR count). The van der Waals surface area contributed by atoms with Crippen molar-refractivity contribution in [1.82, 2.24) is 10.2 Å². The molecule has 22 heavy (non-hydrogen) atoms. The lowest BCUT2D eigenvalue weighted by Gasteiger charge is -2.32. The van der Waals surface area contributed by atoms with E-state index in [1.54, 1.807) is 0 Å². The highest BCUT2D eigenvalue weighted by Crippen LogP contribution is 2.24. The van der Waals surface area contributed by atoms with Gasteiger partial charge in [0.15, 0.2) is 0 Å². The Labute approximate surface area is 141 Å². The summed E-state index contributed by atoms with van der Waals surface area (Å²) in [6, 6.07) is 7.79. The van der Waals surface area contributed by atoms with Crippen molar-refractivity contribution in [3.8, 4) is 5.75 Å². The normalized spacial score (nSPS) is 18.3. The quantitative estimate of drug-likeness (QED) is 0.752. The van der Waals surface area contributed by atoms with Crippen LogP contribution < -0.4 is 10.1 Å². The van der Waals surface area contributed by atoms with Gasteiger partial charge in [0.25, 0.3) is 0 Å². The van der Waals surface area contributed by atoms with Crippen molar-refractivity contribution >= 4 is 21.8 Å². The summed E-state index contributed by atoms with van der Waals surface area (Å²) < 4.78 is 6.66. The van der Waals surface area contributed by atoms with E-state index in [1.807, 2.05) is 36.2 Å². The van der Waals surface area contributed by atoms with Crippen LogP contribution in [0.3, 0.4) is 0 Å². The van der Waals surface area contributed by atoms with Crippen LogP contribution >= 0.6 is 15.9 Å². The smallest absolute Gasteiger partial charge is 0.222 e. The molecule has 5 heteroatoms. The van der Waals surface area contributed by atoms with Crippen LogP contribution in [0.15, 0.2) is 28.7 Å². The Bertz CT molecular complexity index is 479. The molecule has 0 aromatic heterocycles. The number of para-hydroxylation sites is 1. The number of piperidine rings is 1. The van der Waals surface area contributed by atoms with E-state index in [4.69, 9.17) is 4.74 Å². The lowest BCUT2D eigenvalue weighted by Crippen LogP contribution is -2.42. The third-order valence-electron chi connectivity index (χ3n) is 3.99. The van der Waals surface area contributed by atoms with Crippen molar-refractivity contribution in [3.05, 3.63) is 28.7 Å². The molecule has 1 heterocycles. The fourth-order valence-corrected chi connectivity index (χ4v) is 3.27. The van der Waals surface area contributed by atoms with Crippen LogP contribution in [-0.2, 0) is 4.79 Å². The van der Waals surface area contributed by atoms with Crippen molar-refractivity contribution in [2.75, 3.05) is 33.3 Å². The SMILES string of the molecule is CNCC1CCCN(C(=O)CCCOc2ccccc2Br)C1. The summed E-state index contributed by atoms with van der Waals surface area (Å²) in [4.78, 5) is 14.3. The fourth-order valence-electron chi connectivity index (χ4n) is 2.87. The second-order valence-electron chi connectivity index (χ2n) is 5.79. The van der Waals surface area contributed by atoms with Gasteiger partial charge in [0, 0.05) is 19.5 Å². The zero-order chi connectivity index (χ0) is 15.8. The van der Waals surface area contributed by atoms with Crippen molar-refractivity contribution in [3.63, 3.8) is 0 Å². The molecule has 122 valence electrons. The number of rotatable bonds is 7. The Morgan fingerprint density at radius 3 is 3.05 bits per heavy atom. The summed E-state index contributed by atoms with van der Waals surface area (Å²) in [6.07, 6.45) is 3.66. The highest BCUT2D eigenvalue weighted by Gasteiger charge is 2.22. The molecule has 0 bridgehead atoms. The largest absolute Gasteiger partial charge is 0.492 e. The van der Waals surface area contributed by atoms with Gasteiger partial charge in [0.1, 0.15) is 5.75 Å². The van der Waals surface area contributed by atoms with Gasteiger partial charge in [0.2, 0.25) is 5.91 Å². The zero-order valence-corrected chi connectivity index (χ0v) is 14.8. The molecule has 0 spiro atoms. The molecule has 1 fully saturated rings. The number of carbonyl (C=O) groups is 1. The first kappa shape index (κ1) is 17.3.